The van der Waals surface area contributed by atoms with E-state index < -0.39 is 27.1 Å². The first kappa shape index (κ1) is 22.7. The maximum atomic E-state index is 15.1. The molecule has 4 rings (SSSR count). The average Bonchev–Trinajstić information content (AvgIpc) is 3.16. The molecule has 10 heteroatoms. The van der Waals surface area contributed by atoms with Crippen LogP contribution in [0.15, 0.2) is 45.7 Å². The minimum Gasteiger partial charge on any atom is -0.420 e. The topological polar surface area (TPSA) is 102 Å². The predicted molar refractivity (Wildman–Crippen MR) is 121 cm³/mol. The highest BCUT2D eigenvalue weighted by Crippen LogP contribution is 2.37. The van der Waals surface area contributed by atoms with Gasteiger partial charge in [-0.3, -0.25) is 0 Å². The van der Waals surface area contributed by atoms with Crippen LogP contribution in [0.2, 0.25) is 5.02 Å². The number of aromatic nitrogens is 2. The van der Waals surface area contributed by atoms with Crippen molar-refractivity contribution in [1.29, 1.82) is 0 Å². The van der Waals surface area contributed by atoms with Crippen molar-refractivity contribution in [3.05, 3.63) is 58.7 Å². The van der Waals surface area contributed by atoms with E-state index in [0.717, 1.165) is 11.6 Å². The highest BCUT2D eigenvalue weighted by Gasteiger charge is 2.33. The van der Waals surface area contributed by atoms with Crippen molar-refractivity contribution in [2.24, 2.45) is 5.73 Å². The lowest BCUT2D eigenvalue weighted by Gasteiger charge is -2.26. The van der Waals surface area contributed by atoms with Crippen LogP contribution in [0.4, 0.5) is 10.1 Å². The van der Waals surface area contributed by atoms with Crippen LogP contribution in [0.5, 0.6) is 0 Å². The third kappa shape index (κ3) is 4.51. The third-order valence-electron chi connectivity index (χ3n) is 5.20. The molecule has 0 spiro atoms. The first-order valence-electron chi connectivity index (χ1n) is 10.1. The molecule has 3 aromatic rings. The zero-order valence-corrected chi connectivity index (χ0v) is 19.5. The van der Waals surface area contributed by atoms with Crippen molar-refractivity contribution in [2.75, 3.05) is 17.2 Å². The Morgan fingerprint density at radius 3 is 2.53 bits per heavy atom. The van der Waals surface area contributed by atoms with Crippen molar-refractivity contribution in [3.8, 4) is 11.5 Å². The van der Waals surface area contributed by atoms with Crippen LogP contribution in [0.25, 0.3) is 11.5 Å². The molecular weight excluding hydrogens is 455 g/mol. The summed E-state index contributed by atoms with van der Waals surface area (Å²) in [5.74, 6) is -0.676. The van der Waals surface area contributed by atoms with Gasteiger partial charge in [0.1, 0.15) is 5.82 Å². The standard InChI is InChI=1S/C22H24ClFN4O3S/c1-22(2,3)21-27-26-20(31-21)16-8-18-19(9-17(16)24)32(29,30)12-15(25)11-28(18)10-13-4-6-14(23)7-5-13/h4-9,15H,10-12,25H2,1-3H3/t15-/m1/s1. The Morgan fingerprint density at radius 1 is 1.22 bits per heavy atom. The number of hydrogen-bond acceptors (Lipinski definition) is 7. The summed E-state index contributed by atoms with van der Waals surface area (Å²) in [7, 11) is -3.79. The van der Waals surface area contributed by atoms with Gasteiger partial charge in [-0.2, -0.15) is 0 Å². The summed E-state index contributed by atoms with van der Waals surface area (Å²) in [4.78, 5) is 1.73. The Hall–Kier alpha value is -2.49. The van der Waals surface area contributed by atoms with Gasteiger partial charge < -0.3 is 15.1 Å². The van der Waals surface area contributed by atoms with E-state index in [2.05, 4.69) is 10.2 Å². The first-order valence-corrected chi connectivity index (χ1v) is 12.1. The Morgan fingerprint density at radius 2 is 1.91 bits per heavy atom. The van der Waals surface area contributed by atoms with E-state index in [9.17, 15) is 8.42 Å². The summed E-state index contributed by atoms with van der Waals surface area (Å²) in [6.07, 6.45) is 0. The van der Waals surface area contributed by atoms with Gasteiger partial charge in [0, 0.05) is 29.6 Å². The van der Waals surface area contributed by atoms with E-state index in [0.29, 0.717) is 23.1 Å². The van der Waals surface area contributed by atoms with E-state index in [-0.39, 0.29) is 28.6 Å². The number of fused-ring (bicyclic) bond motifs is 1. The molecule has 1 atom stereocenters. The highest BCUT2D eigenvalue weighted by atomic mass is 35.5. The molecule has 0 bridgehead atoms. The van der Waals surface area contributed by atoms with Crippen molar-refractivity contribution in [2.45, 2.75) is 43.7 Å². The van der Waals surface area contributed by atoms with Crippen LogP contribution in [0.3, 0.4) is 0 Å². The predicted octanol–water partition coefficient (Wildman–Crippen LogP) is 3.95. The fourth-order valence-electron chi connectivity index (χ4n) is 3.60. The Kier molecular flexibility index (Phi) is 5.77. The van der Waals surface area contributed by atoms with Gasteiger partial charge in [-0.05, 0) is 29.8 Å². The molecule has 0 unspecified atom stereocenters. The minimum atomic E-state index is -3.79. The van der Waals surface area contributed by atoms with Crippen molar-refractivity contribution < 1.29 is 17.2 Å². The van der Waals surface area contributed by atoms with Gasteiger partial charge in [0.2, 0.25) is 5.89 Å². The third-order valence-corrected chi connectivity index (χ3v) is 7.31. The SMILES string of the molecule is CC(C)(C)c1nnc(-c2cc3c(cc2F)S(=O)(=O)C[C@H](N)CN3Cc2ccc(Cl)cc2)o1. The van der Waals surface area contributed by atoms with Crippen LogP contribution >= 0.6 is 11.6 Å². The lowest BCUT2D eigenvalue weighted by Crippen LogP contribution is -2.39. The number of nitrogens with zero attached hydrogens (tertiary/aromatic N) is 3. The second kappa shape index (κ2) is 8.13. The normalized spacial score (nSPS) is 18.3. The van der Waals surface area contributed by atoms with Crippen LogP contribution in [-0.2, 0) is 21.8 Å². The smallest absolute Gasteiger partial charge is 0.250 e. The maximum Gasteiger partial charge on any atom is 0.250 e. The Bertz CT molecular complexity index is 1250. The van der Waals surface area contributed by atoms with Gasteiger partial charge in [0.15, 0.2) is 9.84 Å². The van der Waals surface area contributed by atoms with E-state index >= 15 is 4.39 Å². The summed E-state index contributed by atoms with van der Waals surface area (Å²) in [5, 5.41) is 8.61. The second-order valence-electron chi connectivity index (χ2n) is 9.01. The minimum absolute atomic E-state index is 0.00684. The quantitative estimate of drug-likeness (QED) is 0.608. The number of rotatable bonds is 3. The monoisotopic (exact) mass is 478 g/mol. The molecule has 0 radical (unpaired) electrons. The molecule has 1 aromatic heterocycles. The first-order chi connectivity index (χ1) is 14.9. The fraction of sp³-hybridized carbons (Fsp3) is 0.364. The number of hydrogen-bond donors (Lipinski definition) is 1. The lowest BCUT2D eigenvalue weighted by atomic mass is 9.97. The van der Waals surface area contributed by atoms with E-state index in [1.807, 2.05) is 37.8 Å². The highest BCUT2D eigenvalue weighted by molar-refractivity contribution is 7.91. The summed E-state index contributed by atoms with van der Waals surface area (Å²) in [6.45, 7) is 6.35. The van der Waals surface area contributed by atoms with Crippen molar-refractivity contribution in [3.63, 3.8) is 0 Å². The molecular formula is C22H24ClFN4O3S. The average molecular weight is 479 g/mol. The molecule has 32 heavy (non-hydrogen) atoms. The summed E-state index contributed by atoms with van der Waals surface area (Å²) >= 11 is 5.98. The van der Waals surface area contributed by atoms with Crippen LogP contribution in [0.1, 0.15) is 32.2 Å². The molecule has 0 aliphatic carbocycles. The number of benzene rings is 2. The molecule has 0 saturated heterocycles. The van der Waals surface area contributed by atoms with Gasteiger partial charge in [-0.25, -0.2) is 12.8 Å². The summed E-state index contributed by atoms with van der Waals surface area (Å²) in [5.41, 5.74) is 7.00. The number of anilines is 1. The molecule has 170 valence electrons. The van der Waals surface area contributed by atoms with E-state index in [4.69, 9.17) is 21.8 Å². The number of halogens is 2. The van der Waals surface area contributed by atoms with Gasteiger partial charge in [0.25, 0.3) is 5.89 Å². The van der Waals surface area contributed by atoms with Gasteiger partial charge in [-0.15, -0.1) is 10.2 Å². The number of nitrogens with two attached hydrogens (primary N) is 1. The molecule has 1 aliphatic heterocycles. The molecule has 2 heterocycles. The molecule has 2 aromatic carbocycles. The molecule has 7 nitrogen and oxygen atoms in total. The number of sulfone groups is 1. The van der Waals surface area contributed by atoms with Crippen molar-refractivity contribution >= 4 is 27.1 Å². The lowest BCUT2D eigenvalue weighted by molar-refractivity contribution is 0.398. The zero-order chi connectivity index (χ0) is 23.3. The molecule has 0 amide bonds. The van der Waals surface area contributed by atoms with Gasteiger partial charge in [-0.1, -0.05) is 44.5 Å². The summed E-state index contributed by atoms with van der Waals surface area (Å²) < 4.78 is 46.7. The van der Waals surface area contributed by atoms with Gasteiger partial charge >= 0.3 is 0 Å². The Labute approximate surface area is 191 Å². The molecule has 1 aliphatic rings. The summed E-state index contributed by atoms with van der Waals surface area (Å²) in [6, 6.07) is 9.06. The largest absolute Gasteiger partial charge is 0.420 e. The van der Waals surface area contributed by atoms with Crippen LogP contribution in [0, 0.1) is 5.82 Å². The van der Waals surface area contributed by atoms with E-state index in [1.165, 1.54) is 6.07 Å². The molecule has 0 saturated carbocycles. The zero-order valence-electron chi connectivity index (χ0n) is 18.0. The molecule has 0 fully saturated rings. The Balaban J connectivity index is 1.84. The second-order valence-corrected chi connectivity index (χ2v) is 11.4. The van der Waals surface area contributed by atoms with Crippen molar-refractivity contribution in [1.82, 2.24) is 10.2 Å². The van der Waals surface area contributed by atoms with Gasteiger partial charge in [0.05, 0.1) is 21.9 Å². The van der Waals surface area contributed by atoms with Crippen LogP contribution in [-0.4, -0.2) is 37.0 Å². The molecule has 2 N–H and O–H groups in total. The van der Waals surface area contributed by atoms with Crippen LogP contribution < -0.4 is 10.6 Å². The fourth-order valence-corrected chi connectivity index (χ4v) is 5.37. The maximum absolute atomic E-state index is 15.1. The van der Waals surface area contributed by atoms with E-state index in [1.54, 1.807) is 12.1 Å².